The average molecular weight is 350 g/mol. The van der Waals surface area contributed by atoms with Crippen LogP contribution in [0.3, 0.4) is 0 Å². The number of carbonyl (C=O) groups excluding carboxylic acids is 2. The van der Waals surface area contributed by atoms with Crippen LogP contribution in [0.2, 0.25) is 0 Å². The van der Waals surface area contributed by atoms with Gasteiger partial charge in [-0.25, -0.2) is 0 Å². The number of hydrogen-bond acceptors (Lipinski definition) is 3. The van der Waals surface area contributed by atoms with E-state index in [9.17, 15) is 9.59 Å². The Bertz CT molecular complexity index is 845. The second-order valence-electron chi connectivity index (χ2n) is 6.99. The number of piperidine rings is 1. The molecule has 0 saturated carbocycles. The van der Waals surface area contributed by atoms with E-state index in [1.54, 1.807) is 4.90 Å². The van der Waals surface area contributed by atoms with Gasteiger partial charge in [0.2, 0.25) is 5.91 Å². The fourth-order valence-electron chi connectivity index (χ4n) is 3.73. The molecule has 2 amide bonds. The van der Waals surface area contributed by atoms with Gasteiger partial charge in [-0.15, -0.1) is 0 Å². The first-order valence-electron chi connectivity index (χ1n) is 9.06. The van der Waals surface area contributed by atoms with Crippen LogP contribution in [0.15, 0.2) is 42.5 Å². The Kier molecular flexibility index (Phi) is 4.37. The minimum atomic E-state index is -0.323. The van der Waals surface area contributed by atoms with Crippen molar-refractivity contribution in [1.29, 1.82) is 0 Å². The summed E-state index contributed by atoms with van der Waals surface area (Å²) in [5, 5.41) is 0. The van der Waals surface area contributed by atoms with Gasteiger partial charge in [0.05, 0.1) is 12.5 Å². The Hall–Kier alpha value is -2.82. The second-order valence-corrected chi connectivity index (χ2v) is 6.99. The summed E-state index contributed by atoms with van der Waals surface area (Å²) in [4.78, 5) is 25.9. The van der Waals surface area contributed by atoms with Crippen LogP contribution in [0, 0.1) is 5.92 Å². The summed E-state index contributed by atoms with van der Waals surface area (Å²) in [6.45, 7) is 1.83. The highest BCUT2D eigenvalue weighted by atomic mass is 16.5. The number of primary amides is 1. The summed E-state index contributed by atoms with van der Waals surface area (Å²) in [6, 6.07) is 13.9. The minimum absolute atomic E-state index is 0.0419. The highest BCUT2D eigenvalue weighted by Crippen LogP contribution is 2.31. The highest BCUT2D eigenvalue weighted by Gasteiger charge is 2.27. The van der Waals surface area contributed by atoms with Crippen molar-refractivity contribution in [2.24, 2.45) is 11.7 Å². The maximum atomic E-state index is 12.7. The van der Waals surface area contributed by atoms with Crippen molar-refractivity contribution < 1.29 is 14.3 Å². The maximum absolute atomic E-state index is 12.7. The molecular weight excluding hydrogens is 328 g/mol. The normalized spacial score (nSPS) is 18.9. The van der Waals surface area contributed by atoms with Crippen molar-refractivity contribution in [2.45, 2.75) is 19.3 Å². The fourth-order valence-corrected chi connectivity index (χ4v) is 3.73. The van der Waals surface area contributed by atoms with Crippen molar-refractivity contribution in [3.05, 3.63) is 53.6 Å². The largest absolute Gasteiger partial charge is 0.493 e. The third kappa shape index (κ3) is 3.17. The zero-order chi connectivity index (χ0) is 18.1. The summed E-state index contributed by atoms with van der Waals surface area (Å²) in [5.74, 6) is 0.350. The lowest BCUT2D eigenvalue weighted by Gasteiger charge is -2.31. The van der Waals surface area contributed by atoms with Gasteiger partial charge in [-0.2, -0.15) is 0 Å². The van der Waals surface area contributed by atoms with Gasteiger partial charge in [-0.05, 0) is 47.7 Å². The van der Waals surface area contributed by atoms with Gasteiger partial charge in [0, 0.05) is 25.1 Å². The van der Waals surface area contributed by atoms with Crippen molar-refractivity contribution in [1.82, 2.24) is 4.90 Å². The molecule has 2 N–H and O–H groups in total. The molecule has 134 valence electrons. The molecule has 0 aliphatic carbocycles. The molecule has 2 aliphatic heterocycles. The summed E-state index contributed by atoms with van der Waals surface area (Å²) in [5.41, 5.74) is 9.41. The number of carbonyl (C=O) groups is 2. The molecule has 2 aromatic rings. The predicted octanol–water partition coefficient (Wildman–Crippen LogP) is 2.63. The quantitative estimate of drug-likeness (QED) is 0.925. The summed E-state index contributed by atoms with van der Waals surface area (Å²) in [7, 11) is 0. The maximum Gasteiger partial charge on any atom is 0.253 e. The summed E-state index contributed by atoms with van der Waals surface area (Å²) < 4.78 is 5.63. The molecule has 0 unspecified atom stereocenters. The van der Waals surface area contributed by atoms with E-state index in [1.807, 2.05) is 24.3 Å². The molecule has 1 atom stereocenters. The Balaban J connectivity index is 1.50. The third-order valence-corrected chi connectivity index (χ3v) is 5.27. The predicted molar refractivity (Wildman–Crippen MR) is 98.9 cm³/mol. The molecule has 26 heavy (non-hydrogen) atoms. The van der Waals surface area contributed by atoms with Gasteiger partial charge < -0.3 is 15.4 Å². The molecule has 2 heterocycles. The van der Waals surface area contributed by atoms with E-state index in [2.05, 4.69) is 18.2 Å². The average Bonchev–Trinajstić information content (AvgIpc) is 3.15. The van der Waals surface area contributed by atoms with Gasteiger partial charge in [-0.1, -0.05) is 24.3 Å². The molecule has 5 heteroatoms. The molecule has 0 radical (unpaired) electrons. The van der Waals surface area contributed by atoms with Crippen molar-refractivity contribution in [2.75, 3.05) is 19.7 Å². The molecule has 1 fully saturated rings. The molecule has 0 bridgehead atoms. The van der Waals surface area contributed by atoms with Crippen molar-refractivity contribution >= 4 is 11.8 Å². The van der Waals surface area contributed by atoms with Crippen LogP contribution in [-0.2, 0) is 11.2 Å². The van der Waals surface area contributed by atoms with Crippen LogP contribution < -0.4 is 10.5 Å². The highest BCUT2D eigenvalue weighted by molar-refractivity contribution is 5.95. The van der Waals surface area contributed by atoms with E-state index in [1.165, 1.54) is 5.56 Å². The SMILES string of the molecule is NC(=O)[C@H]1CCCN(C(=O)c2ccc(-c3ccc4c(c3)OCC4)cc2)C1. The van der Waals surface area contributed by atoms with Crippen LogP contribution in [0.5, 0.6) is 5.75 Å². The number of likely N-dealkylation sites (tertiary alicyclic amines) is 1. The number of fused-ring (bicyclic) bond motifs is 1. The van der Waals surface area contributed by atoms with Crippen LogP contribution in [0.25, 0.3) is 11.1 Å². The van der Waals surface area contributed by atoms with Crippen LogP contribution >= 0.6 is 0 Å². The molecule has 2 aliphatic rings. The molecule has 5 nitrogen and oxygen atoms in total. The number of ether oxygens (including phenoxy) is 1. The number of hydrogen-bond donors (Lipinski definition) is 1. The lowest BCUT2D eigenvalue weighted by Crippen LogP contribution is -2.44. The first-order valence-corrected chi connectivity index (χ1v) is 9.06. The lowest BCUT2D eigenvalue weighted by molar-refractivity contribution is -0.123. The molecular formula is C21H22N2O3. The third-order valence-electron chi connectivity index (χ3n) is 5.27. The molecule has 2 aromatic carbocycles. The van der Waals surface area contributed by atoms with Gasteiger partial charge >= 0.3 is 0 Å². The number of rotatable bonds is 3. The van der Waals surface area contributed by atoms with Crippen molar-refractivity contribution in [3.63, 3.8) is 0 Å². The zero-order valence-corrected chi connectivity index (χ0v) is 14.6. The van der Waals surface area contributed by atoms with Gasteiger partial charge in [0.25, 0.3) is 5.91 Å². The minimum Gasteiger partial charge on any atom is -0.493 e. The smallest absolute Gasteiger partial charge is 0.253 e. The van der Waals surface area contributed by atoms with E-state index < -0.39 is 0 Å². The van der Waals surface area contributed by atoms with Crippen LogP contribution in [0.4, 0.5) is 0 Å². The standard InChI is InChI=1S/C21H22N2O3/c22-20(24)18-2-1-10-23(13-18)21(25)16-6-3-14(4-7-16)17-8-5-15-9-11-26-19(15)12-17/h3-8,12,18H,1-2,9-11,13H2,(H2,22,24)/t18-/m0/s1. The van der Waals surface area contributed by atoms with Gasteiger partial charge in [0.1, 0.15) is 5.75 Å². The number of amides is 2. The Morgan fingerprint density at radius 3 is 2.62 bits per heavy atom. The number of benzene rings is 2. The summed E-state index contributed by atoms with van der Waals surface area (Å²) >= 11 is 0. The lowest BCUT2D eigenvalue weighted by atomic mass is 9.96. The van der Waals surface area contributed by atoms with E-state index in [0.717, 1.165) is 42.7 Å². The Morgan fingerprint density at radius 2 is 1.85 bits per heavy atom. The Morgan fingerprint density at radius 1 is 1.08 bits per heavy atom. The van der Waals surface area contributed by atoms with E-state index in [4.69, 9.17) is 10.5 Å². The number of nitrogens with zero attached hydrogens (tertiary/aromatic N) is 1. The first kappa shape index (κ1) is 16.6. The van der Waals surface area contributed by atoms with Crippen molar-refractivity contribution in [3.8, 4) is 16.9 Å². The zero-order valence-electron chi connectivity index (χ0n) is 14.6. The van der Waals surface area contributed by atoms with E-state index in [0.29, 0.717) is 18.7 Å². The molecule has 1 saturated heterocycles. The van der Waals surface area contributed by atoms with Crippen LogP contribution in [-0.4, -0.2) is 36.4 Å². The monoisotopic (exact) mass is 350 g/mol. The van der Waals surface area contributed by atoms with Gasteiger partial charge in [-0.3, -0.25) is 9.59 Å². The fraction of sp³-hybridized carbons (Fsp3) is 0.333. The topological polar surface area (TPSA) is 72.6 Å². The molecule has 0 aromatic heterocycles. The second kappa shape index (κ2) is 6.83. The number of nitrogens with two attached hydrogens (primary N) is 1. The molecule has 4 rings (SSSR count). The Labute approximate surface area is 152 Å². The summed E-state index contributed by atoms with van der Waals surface area (Å²) in [6.07, 6.45) is 2.54. The van der Waals surface area contributed by atoms with Gasteiger partial charge in [0.15, 0.2) is 0 Å². The van der Waals surface area contributed by atoms with Crippen LogP contribution in [0.1, 0.15) is 28.8 Å². The molecule has 0 spiro atoms. The van der Waals surface area contributed by atoms with E-state index >= 15 is 0 Å². The first-order chi connectivity index (χ1) is 12.6. The van der Waals surface area contributed by atoms with E-state index in [-0.39, 0.29) is 17.7 Å².